The zero-order valence-electron chi connectivity index (χ0n) is 23.5. The maximum Gasteiger partial charge on any atom is 1.00 e. The Bertz CT molecular complexity index is 774. The van der Waals surface area contributed by atoms with E-state index in [4.69, 9.17) is 5.73 Å². The summed E-state index contributed by atoms with van der Waals surface area (Å²) < 4.78 is 37.0. The molecule has 4 unspecified atom stereocenters. The summed E-state index contributed by atoms with van der Waals surface area (Å²) in [5, 5.41) is 11.9. The largest absolute Gasteiger partial charge is 1.00 e. The molecule has 37 heavy (non-hydrogen) atoms. The predicted octanol–water partition coefficient (Wildman–Crippen LogP) is -1.47. The van der Waals surface area contributed by atoms with Crippen LogP contribution in [0.25, 0.3) is 0 Å². The van der Waals surface area contributed by atoms with Gasteiger partial charge in [0.2, 0.25) is 11.8 Å². The number of carbonyl (C=O) groups is 2. The molecule has 0 spiro atoms. The van der Waals surface area contributed by atoms with Gasteiger partial charge in [0, 0.05) is 24.3 Å². The fraction of sp³-hybridized carbons (Fsp3) is 0.920. The molecule has 0 radical (unpaired) electrons. The number of rotatable bonds is 17. The van der Waals surface area contributed by atoms with Gasteiger partial charge >= 0.3 is 29.6 Å². The smallest absolute Gasteiger partial charge is 0.748 e. The number of nitrogens with one attached hydrogen (secondary N) is 1. The van der Waals surface area contributed by atoms with E-state index >= 15 is 0 Å². The number of aliphatic hydroxyl groups is 1. The number of primary amides is 1. The summed E-state index contributed by atoms with van der Waals surface area (Å²) in [6, 6.07) is 0. The summed E-state index contributed by atoms with van der Waals surface area (Å²) in [6.07, 6.45) is 0.570. The van der Waals surface area contributed by atoms with E-state index < -0.39 is 38.7 Å². The Balaban J connectivity index is -0.00000181. The van der Waals surface area contributed by atoms with Crippen molar-refractivity contribution in [3.63, 3.8) is 0 Å². The molecule has 0 aliphatic carbocycles. The first-order valence-electron chi connectivity index (χ1n) is 12.1. The number of aliphatic hydroxyl groups excluding tert-OH is 1. The maximum absolute atomic E-state index is 13.0. The average molecular weight is 565 g/mol. The van der Waals surface area contributed by atoms with Crippen LogP contribution in [0.3, 0.4) is 0 Å². The summed E-state index contributed by atoms with van der Waals surface area (Å²) in [5.74, 6) is -1.69. The van der Waals surface area contributed by atoms with Gasteiger partial charge in [-0.15, -0.1) is 0 Å². The first-order chi connectivity index (χ1) is 15.3. The Morgan fingerprint density at radius 3 is 1.97 bits per heavy atom. The third kappa shape index (κ3) is 17.8. The number of hydrogen-bond acceptors (Lipinski definition) is 6. The van der Waals surface area contributed by atoms with Crippen molar-refractivity contribution in [1.82, 2.24) is 5.32 Å². The predicted molar refractivity (Wildman–Crippen MR) is 146 cm³/mol. The minimum Gasteiger partial charge on any atom is -0.748 e. The minimum atomic E-state index is -4.71. The van der Waals surface area contributed by atoms with Gasteiger partial charge in [-0.25, -0.2) is 8.42 Å². The molecule has 0 heterocycles. The molecule has 0 aliphatic rings. The van der Waals surface area contributed by atoms with Gasteiger partial charge in [0.1, 0.15) is 13.1 Å². The molecule has 4 N–H and O–H groups in total. The van der Waals surface area contributed by atoms with Crippen LogP contribution in [-0.2, 0) is 19.7 Å². The van der Waals surface area contributed by atoms with Crippen LogP contribution < -0.4 is 40.6 Å². The number of nitrogens with zero attached hydrogens (tertiary/aromatic N) is 2. The van der Waals surface area contributed by atoms with Crippen molar-refractivity contribution in [2.75, 3.05) is 61.4 Å². The number of carbonyl (C=O) groups excluding carboxylic acids is 2. The van der Waals surface area contributed by atoms with Crippen molar-refractivity contribution < 1.29 is 66.2 Å². The van der Waals surface area contributed by atoms with Crippen molar-refractivity contribution in [3.05, 3.63) is 0 Å². The molecule has 0 aliphatic heterocycles. The third-order valence-corrected chi connectivity index (χ3v) is 7.72. The Kier molecular flexibility index (Phi) is 21.5. The minimum absolute atomic E-state index is 0. The standard InChI is InChI=1S/C23H48N4O6S.2CH4.Na/c1-9-18(21(24)29)14-20(34(31,32)33)15-23(3,10-2)22(30)25-12-11-13-27(7,8)17-19(28)16-26(4,5)6;;;/h18-20,28H,9-17H2,1-8H3,(H2-2,24,25,29,30,31,32,33);2*1H4;/q;;;+1/p+1. The van der Waals surface area contributed by atoms with Gasteiger partial charge < -0.3 is 29.7 Å². The Morgan fingerprint density at radius 1 is 1.08 bits per heavy atom. The van der Waals surface area contributed by atoms with Crippen molar-refractivity contribution in [2.45, 2.75) is 79.1 Å². The summed E-state index contributed by atoms with van der Waals surface area (Å²) in [7, 11) is 5.44. The number of hydrogen-bond donors (Lipinski definition) is 3. The normalized spacial score (nSPS) is 16.1. The van der Waals surface area contributed by atoms with E-state index in [1.165, 1.54) is 0 Å². The van der Waals surface area contributed by atoms with Crippen molar-refractivity contribution in [2.24, 2.45) is 17.1 Å². The molecular weight excluding hydrogens is 507 g/mol. The molecule has 218 valence electrons. The average Bonchev–Trinajstić information content (AvgIpc) is 2.64. The van der Waals surface area contributed by atoms with Crippen LogP contribution in [0.4, 0.5) is 0 Å². The van der Waals surface area contributed by atoms with E-state index in [0.29, 0.717) is 47.9 Å². The molecule has 0 bridgehead atoms. The molecule has 0 saturated heterocycles. The molecule has 0 rings (SSSR count). The molecule has 0 saturated carbocycles. The van der Waals surface area contributed by atoms with Gasteiger partial charge in [0.15, 0.2) is 6.10 Å². The van der Waals surface area contributed by atoms with E-state index in [1.54, 1.807) is 20.8 Å². The molecule has 0 aromatic carbocycles. The zero-order valence-corrected chi connectivity index (χ0v) is 26.3. The molecule has 10 nitrogen and oxygen atoms in total. The van der Waals surface area contributed by atoms with Gasteiger partial charge in [-0.3, -0.25) is 9.59 Å². The third-order valence-electron chi connectivity index (χ3n) is 6.55. The number of quaternary nitrogens is 2. The molecular formula is C25H57N4NaO6S+2. The second-order valence-corrected chi connectivity index (χ2v) is 13.2. The monoisotopic (exact) mass is 564 g/mol. The number of amides is 2. The second-order valence-electron chi connectivity index (χ2n) is 11.6. The fourth-order valence-corrected chi connectivity index (χ4v) is 5.32. The van der Waals surface area contributed by atoms with Crippen LogP contribution in [-0.4, -0.2) is 112 Å². The Labute approximate surface area is 249 Å². The summed E-state index contributed by atoms with van der Waals surface area (Å²) >= 11 is 0. The molecule has 0 aromatic heterocycles. The number of likely N-dealkylation sites (N-methyl/N-ethyl adjacent to an activating group) is 2. The summed E-state index contributed by atoms with van der Waals surface area (Å²) in [5.41, 5.74) is 4.27. The summed E-state index contributed by atoms with van der Waals surface area (Å²) in [6.45, 7) is 7.50. The van der Waals surface area contributed by atoms with Gasteiger partial charge in [0.05, 0.1) is 57.2 Å². The van der Waals surface area contributed by atoms with Crippen LogP contribution >= 0.6 is 0 Å². The van der Waals surface area contributed by atoms with Gasteiger partial charge in [-0.2, -0.15) is 0 Å². The van der Waals surface area contributed by atoms with Gasteiger partial charge in [0.25, 0.3) is 0 Å². The van der Waals surface area contributed by atoms with Crippen LogP contribution in [0.2, 0.25) is 0 Å². The first kappa shape index (κ1) is 43.8. The van der Waals surface area contributed by atoms with E-state index in [1.807, 2.05) is 35.2 Å². The first-order valence-corrected chi connectivity index (χ1v) is 13.6. The van der Waals surface area contributed by atoms with Gasteiger partial charge in [-0.1, -0.05) is 35.6 Å². The van der Waals surface area contributed by atoms with Crippen molar-refractivity contribution in [3.8, 4) is 0 Å². The Morgan fingerprint density at radius 2 is 1.59 bits per heavy atom. The van der Waals surface area contributed by atoms with Crippen molar-refractivity contribution >= 4 is 21.9 Å². The zero-order chi connectivity index (χ0) is 27.0. The van der Waals surface area contributed by atoms with E-state index in [-0.39, 0.29) is 63.2 Å². The van der Waals surface area contributed by atoms with E-state index in [0.717, 1.165) is 6.54 Å². The van der Waals surface area contributed by atoms with Gasteiger partial charge in [-0.05, 0) is 25.7 Å². The fourth-order valence-electron chi connectivity index (χ4n) is 4.28. The molecule has 0 aromatic rings. The van der Waals surface area contributed by atoms with Crippen LogP contribution in [0.15, 0.2) is 0 Å². The van der Waals surface area contributed by atoms with E-state index in [9.17, 15) is 27.7 Å². The Hall–Kier alpha value is -0.270. The molecule has 2 amide bonds. The SMILES string of the molecule is C.C.CCC(CC(CC(C)(CC)C(=O)NCCC[N+](C)(C)CC(O)C[N+](C)(C)C)S(=O)(=O)[O-])C(N)=O.[Na+]. The quantitative estimate of drug-likeness (QED) is 0.0850. The second kappa shape index (κ2) is 18.1. The number of nitrogens with two attached hydrogens (primary N) is 1. The van der Waals surface area contributed by atoms with Crippen molar-refractivity contribution in [1.29, 1.82) is 0 Å². The molecule has 0 fully saturated rings. The van der Waals surface area contributed by atoms with E-state index in [2.05, 4.69) is 5.32 Å². The topological polar surface area (TPSA) is 150 Å². The maximum atomic E-state index is 13.0. The van der Waals surface area contributed by atoms with Crippen LogP contribution in [0.5, 0.6) is 0 Å². The van der Waals surface area contributed by atoms with Crippen LogP contribution in [0, 0.1) is 11.3 Å². The molecule has 4 atom stereocenters. The van der Waals surface area contributed by atoms with Crippen LogP contribution in [0.1, 0.15) is 67.7 Å². The molecule has 12 heteroatoms. The summed E-state index contributed by atoms with van der Waals surface area (Å²) in [4.78, 5) is 24.5.